The van der Waals surface area contributed by atoms with Crippen LogP contribution < -0.4 is 19.4 Å². The van der Waals surface area contributed by atoms with Gasteiger partial charge in [0.2, 0.25) is 10.0 Å². The van der Waals surface area contributed by atoms with Crippen molar-refractivity contribution in [1.82, 2.24) is 4.72 Å². The standard InChI is InChI=1S/C20H27N3O6S2/c1-3-30(24,25)23-17(14-28-19-7-5-6-16(13-19)20(21)22)12-15-8-10-18(11-9-15)29-31(26,27)4-2/h5-11,13,17,23H,3-4,12,14H2,1-2H3,(H3,21,22)/t17-/m1/s1. The van der Waals surface area contributed by atoms with Gasteiger partial charge in [-0.15, -0.1) is 0 Å². The Labute approximate surface area is 183 Å². The highest BCUT2D eigenvalue weighted by Crippen LogP contribution is 2.17. The molecule has 11 heteroatoms. The van der Waals surface area contributed by atoms with Gasteiger partial charge in [-0.3, -0.25) is 5.41 Å². The molecule has 0 amide bonds. The van der Waals surface area contributed by atoms with Crippen molar-refractivity contribution in [3.8, 4) is 11.5 Å². The van der Waals surface area contributed by atoms with Crippen molar-refractivity contribution in [3.63, 3.8) is 0 Å². The number of sulfonamides is 1. The van der Waals surface area contributed by atoms with Crippen molar-refractivity contribution in [2.45, 2.75) is 26.3 Å². The van der Waals surface area contributed by atoms with Gasteiger partial charge in [0.1, 0.15) is 23.9 Å². The van der Waals surface area contributed by atoms with Crippen LogP contribution in [0.5, 0.6) is 11.5 Å². The first-order valence-corrected chi connectivity index (χ1v) is 12.8. The Balaban J connectivity index is 2.13. The van der Waals surface area contributed by atoms with E-state index in [1.165, 1.54) is 26.0 Å². The van der Waals surface area contributed by atoms with Crippen LogP contribution in [0.3, 0.4) is 0 Å². The molecule has 2 aromatic carbocycles. The van der Waals surface area contributed by atoms with E-state index >= 15 is 0 Å². The second-order valence-corrected chi connectivity index (χ2v) is 10.7. The van der Waals surface area contributed by atoms with Crippen LogP contribution in [-0.4, -0.2) is 46.8 Å². The number of benzene rings is 2. The molecule has 31 heavy (non-hydrogen) atoms. The largest absolute Gasteiger partial charge is 0.492 e. The molecule has 1 atom stereocenters. The predicted octanol–water partition coefficient (Wildman–Crippen LogP) is 1.63. The quantitative estimate of drug-likeness (QED) is 0.243. The molecule has 2 aromatic rings. The lowest BCUT2D eigenvalue weighted by Crippen LogP contribution is -2.41. The maximum absolute atomic E-state index is 12.1. The third-order valence-corrected chi connectivity index (χ3v) is 6.91. The van der Waals surface area contributed by atoms with E-state index in [1.54, 1.807) is 36.4 Å². The molecule has 9 nitrogen and oxygen atoms in total. The maximum Gasteiger partial charge on any atom is 0.308 e. The highest BCUT2D eigenvalue weighted by Gasteiger charge is 2.18. The van der Waals surface area contributed by atoms with Crippen LogP contribution in [-0.2, 0) is 26.6 Å². The second-order valence-electron chi connectivity index (χ2n) is 6.75. The number of nitrogens with two attached hydrogens (primary N) is 1. The Morgan fingerprint density at radius 1 is 1.03 bits per heavy atom. The smallest absolute Gasteiger partial charge is 0.308 e. The number of nitrogens with one attached hydrogen (secondary N) is 2. The lowest BCUT2D eigenvalue weighted by atomic mass is 10.1. The van der Waals surface area contributed by atoms with Gasteiger partial charge in [0.15, 0.2) is 0 Å². The lowest BCUT2D eigenvalue weighted by Gasteiger charge is -2.19. The summed E-state index contributed by atoms with van der Waals surface area (Å²) in [5.74, 6) is 0.333. The van der Waals surface area contributed by atoms with E-state index in [4.69, 9.17) is 20.1 Å². The molecule has 0 spiro atoms. The van der Waals surface area contributed by atoms with Crippen LogP contribution >= 0.6 is 0 Å². The average molecular weight is 470 g/mol. The molecule has 170 valence electrons. The zero-order valence-electron chi connectivity index (χ0n) is 17.4. The Hall–Kier alpha value is -2.63. The van der Waals surface area contributed by atoms with Gasteiger partial charge in [0.05, 0.1) is 17.5 Å². The summed E-state index contributed by atoms with van der Waals surface area (Å²) in [6.45, 7) is 3.07. The topological polar surface area (TPSA) is 149 Å². The van der Waals surface area contributed by atoms with Crippen molar-refractivity contribution >= 4 is 26.0 Å². The molecule has 0 unspecified atom stereocenters. The predicted molar refractivity (Wildman–Crippen MR) is 120 cm³/mol. The fourth-order valence-electron chi connectivity index (χ4n) is 2.59. The normalized spacial score (nSPS) is 12.8. The van der Waals surface area contributed by atoms with E-state index in [0.717, 1.165) is 5.56 Å². The molecule has 0 radical (unpaired) electrons. The summed E-state index contributed by atoms with van der Waals surface area (Å²) in [4.78, 5) is 0. The molecule has 0 aromatic heterocycles. The highest BCUT2D eigenvalue weighted by molar-refractivity contribution is 7.89. The Kier molecular flexibility index (Phi) is 8.43. The third-order valence-electron chi connectivity index (χ3n) is 4.30. The molecule has 4 N–H and O–H groups in total. The maximum atomic E-state index is 12.1. The molecule has 0 aliphatic carbocycles. The van der Waals surface area contributed by atoms with Gasteiger partial charge in [-0.2, -0.15) is 8.42 Å². The highest BCUT2D eigenvalue weighted by atomic mass is 32.2. The van der Waals surface area contributed by atoms with Crippen LogP contribution in [0.1, 0.15) is 25.0 Å². The molecular weight excluding hydrogens is 442 g/mol. The number of amidine groups is 1. The summed E-state index contributed by atoms with van der Waals surface area (Å²) in [5.41, 5.74) is 6.76. The summed E-state index contributed by atoms with van der Waals surface area (Å²) in [6, 6.07) is 12.5. The second kappa shape index (κ2) is 10.6. The molecule has 0 fully saturated rings. The number of hydrogen-bond donors (Lipinski definition) is 3. The zero-order valence-corrected chi connectivity index (χ0v) is 19.0. The van der Waals surface area contributed by atoms with Crippen molar-refractivity contribution in [2.75, 3.05) is 18.1 Å². The van der Waals surface area contributed by atoms with Gasteiger partial charge >= 0.3 is 10.1 Å². The Morgan fingerprint density at radius 2 is 1.71 bits per heavy atom. The first-order chi connectivity index (χ1) is 14.5. The SMILES string of the molecule is CCS(=O)(=O)N[C@@H](COc1cccc(C(=N)N)c1)Cc1ccc(OS(=O)(=O)CC)cc1. The fraction of sp³-hybridized carbons (Fsp3) is 0.350. The van der Waals surface area contributed by atoms with Crippen LogP contribution in [0.4, 0.5) is 0 Å². The minimum atomic E-state index is -3.62. The number of ether oxygens (including phenoxy) is 1. The van der Waals surface area contributed by atoms with Gasteiger partial charge in [-0.05, 0) is 50.1 Å². The Bertz CT molecular complexity index is 1100. The lowest BCUT2D eigenvalue weighted by molar-refractivity contribution is 0.278. The van der Waals surface area contributed by atoms with E-state index in [2.05, 4.69) is 4.72 Å². The van der Waals surface area contributed by atoms with Gasteiger partial charge < -0.3 is 14.7 Å². The minimum Gasteiger partial charge on any atom is -0.492 e. The van der Waals surface area contributed by atoms with E-state index in [-0.39, 0.29) is 29.7 Å². The average Bonchev–Trinajstić information content (AvgIpc) is 2.73. The van der Waals surface area contributed by atoms with E-state index in [9.17, 15) is 16.8 Å². The number of rotatable bonds is 12. The van der Waals surface area contributed by atoms with Gasteiger partial charge in [-0.1, -0.05) is 24.3 Å². The van der Waals surface area contributed by atoms with Crippen molar-refractivity contribution < 1.29 is 25.8 Å². The van der Waals surface area contributed by atoms with E-state index < -0.39 is 26.2 Å². The zero-order chi connectivity index (χ0) is 23.1. The minimum absolute atomic E-state index is 0.0447. The van der Waals surface area contributed by atoms with Crippen LogP contribution in [0, 0.1) is 5.41 Å². The third kappa shape index (κ3) is 8.19. The first-order valence-electron chi connectivity index (χ1n) is 9.62. The van der Waals surface area contributed by atoms with Crippen molar-refractivity contribution in [2.24, 2.45) is 5.73 Å². The van der Waals surface area contributed by atoms with Crippen LogP contribution in [0.2, 0.25) is 0 Å². The van der Waals surface area contributed by atoms with Crippen LogP contribution in [0.15, 0.2) is 48.5 Å². The van der Waals surface area contributed by atoms with Gasteiger partial charge in [0.25, 0.3) is 0 Å². The molecule has 0 heterocycles. The van der Waals surface area contributed by atoms with Crippen LogP contribution in [0.25, 0.3) is 0 Å². The molecule has 0 saturated carbocycles. The summed E-state index contributed by atoms with van der Waals surface area (Å²) in [5, 5.41) is 7.51. The molecule has 0 aliphatic rings. The van der Waals surface area contributed by atoms with Crippen molar-refractivity contribution in [3.05, 3.63) is 59.7 Å². The van der Waals surface area contributed by atoms with E-state index in [1.807, 2.05) is 0 Å². The summed E-state index contributed by atoms with van der Waals surface area (Å²) in [6.07, 6.45) is 0.312. The van der Waals surface area contributed by atoms with Crippen molar-refractivity contribution in [1.29, 1.82) is 5.41 Å². The van der Waals surface area contributed by atoms with Gasteiger partial charge in [-0.25, -0.2) is 13.1 Å². The molecule has 2 rings (SSSR count). The molecule has 0 bridgehead atoms. The Morgan fingerprint density at radius 3 is 2.29 bits per heavy atom. The van der Waals surface area contributed by atoms with Gasteiger partial charge in [0, 0.05) is 5.56 Å². The molecule has 0 saturated heterocycles. The first kappa shape index (κ1) is 24.6. The summed E-state index contributed by atoms with van der Waals surface area (Å²) >= 11 is 0. The number of hydrogen-bond acceptors (Lipinski definition) is 7. The molecule has 0 aliphatic heterocycles. The monoisotopic (exact) mass is 469 g/mol. The number of nitrogen functional groups attached to an aromatic ring is 1. The summed E-state index contributed by atoms with van der Waals surface area (Å²) in [7, 11) is -7.11. The van der Waals surface area contributed by atoms with E-state index in [0.29, 0.717) is 17.7 Å². The fourth-order valence-corrected chi connectivity index (χ4v) is 3.94. The molecular formula is C20H27N3O6S2. The summed E-state index contributed by atoms with van der Waals surface area (Å²) < 4.78 is 60.7.